The van der Waals surface area contributed by atoms with E-state index in [2.05, 4.69) is 23.6 Å². The molecule has 3 nitrogen and oxygen atoms in total. The van der Waals surface area contributed by atoms with Gasteiger partial charge in [-0.15, -0.1) is 6.58 Å². The zero-order valence-electron chi connectivity index (χ0n) is 11.9. The predicted molar refractivity (Wildman–Crippen MR) is 77.8 cm³/mol. The van der Waals surface area contributed by atoms with E-state index in [4.69, 9.17) is 4.74 Å². The number of hydrogen-bond acceptors (Lipinski definition) is 3. The van der Waals surface area contributed by atoms with E-state index >= 15 is 0 Å². The van der Waals surface area contributed by atoms with Crippen LogP contribution >= 0.6 is 0 Å². The van der Waals surface area contributed by atoms with Gasteiger partial charge < -0.3 is 4.74 Å². The van der Waals surface area contributed by atoms with E-state index in [0.717, 1.165) is 25.1 Å². The lowest BCUT2D eigenvalue weighted by Crippen LogP contribution is -2.31. The first-order chi connectivity index (χ1) is 9.11. The van der Waals surface area contributed by atoms with Gasteiger partial charge in [-0.3, -0.25) is 9.69 Å². The molecule has 104 valence electrons. The van der Waals surface area contributed by atoms with Crippen LogP contribution in [0.1, 0.15) is 25.8 Å². The van der Waals surface area contributed by atoms with Crippen molar-refractivity contribution in [1.29, 1.82) is 0 Å². The maximum absolute atomic E-state index is 11.6. The lowest BCUT2D eigenvalue weighted by molar-refractivity contribution is -0.144. The van der Waals surface area contributed by atoms with Crippen molar-refractivity contribution >= 4 is 5.97 Å². The van der Waals surface area contributed by atoms with Gasteiger partial charge in [0.15, 0.2) is 0 Å². The van der Waals surface area contributed by atoms with Crippen LogP contribution in [0.5, 0.6) is 0 Å². The Balaban J connectivity index is 2.58. The number of carbonyl (C=O) groups is 1. The van der Waals surface area contributed by atoms with Gasteiger partial charge in [-0.25, -0.2) is 0 Å². The smallest absolute Gasteiger partial charge is 0.320 e. The van der Waals surface area contributed by atoms with Crippen LogP contribution < -0.4 is 0 Å². The predicted octanol–water partition coefficient (Wildman–Crippen LogP) is 3.02. The van der Waals surface area contributed by atoms with E-state index in [1.165, 1.54) is 5.56 Å². The van der Waals surface area contributed by atoms with Crippen molar-refractivity contribution < 1.29 is 9.53 Å². The van der Waals surface area contributed by atoms with Gasteiger partial charge in [-0.1, -0.05) is 35.9 Å². The molecule has 0 aliphatic heterocycles. The first-order valence-corrected chi connectivity index (χ1v) is 6.68. The van der Waals surface area contributed by atoms with Crippen molar-refractivity contribution in [2.24, 2.45) is 0 Å². The average Bonchev–Trinajstić information content (AvgIpc) is 2.37. The van der Waals surface area contributed by atoms with Gasteiger partial charge >= 0.3 is 5.97 Å². The van der Waals surface area contributed by atoms with Crippen molar-refractivity contribution in [2.45, 2.75) is 26.8 Å². The highest BCUT2D eigenvalue weighted by atomic mass is 16.5. The Bertz CT molecular complexity index is 400. The summed E-state index contributed by atoms with van der Waals surface area (Å²) < 4.78 is 5.01. The SMILES string of the molecule is C=C(C)CCN(CC(=O)OCC)Cc1ccccc1. The van der Waals surface area contributed by atoms with Crippen molar-refractivity contribution in [2.75, 3.05) is 19.7 Å². The third kappa shape index (κ3) is 6.77. The number of ether oxygens (including phenoxy) is 1. The first-order valence-electron chi connectivity index (χ1n) is 6.68. The van der Waals surface area contributed by atoms with Gasteiger partial charge in [-0.2, -0.15) is 0 Å². The van der Waals surface area contributed by atoms with E-state index in [-0.39, 0.29) is 5.97 Å². The summed E-state index contributed by atoms with van der Waals surface area (Å²) in [6.45, 7) is 10.1. The van der Waals surface area contributed by atoms with Crippen LogP contribution in [0.2, 0.25) is 0 Å². The average molecular weight is 261 g/mol. The normalized spacial score (nSPS) is 10.5. The summed E-state index contributed by atoms with van der Waals surface area (Å²) in [5.74, 6) is -0.167. The fraction of sp³-hybridized carbons (Fsp3) is 0.438. The number of carbonyl (C=O) groups excluding carboxylic acids is 1. The molecule has 0 aliphatic carbocycles. The Morgan fingerprint density at radius 2 is 2.00 bits per heavy atom. The largest absolute Gasteiger partial charge is 0.465 e. The standard InChI is InChI=1S/C16H23NO2/c1-4-19-16(18)13-17(11-10-14(2)3)12-15-8-6-5-7-9-15/h5-9H,2,4,10-13H2,1,3H3. The second-order valence-corrected chi connectivity index (χ2v) is 4.71. The zero-order valence-corrected chi connectivity index (χ0v) is 11.9. The first kappa shape index (κ1) is 15.4. The summed E-state index contributed by atoms with van der Waals surface area (Å²) in [5, 5.41) is 0. The minimum atomic E-state index is -0.167. The van der Waals surface area contributed by atoms with Crippen molar-refractivity contribution in [3.63, 3.8) is 0 Å². The molecule has 0 saturated carbocycles. The Morgan fingerprint density at radius 1 is 1.32 bits per heavy atom. The molecule has 0 atom stereocenters. The molecule has 0 aromatic heterocycles. The molecule has 1 aromatic carbocycles. The number of rotatable bonds is 8. The summed E-state index contributed by atoms with van der Waals surface area (Å²) in [4.78, 5) is 13.7. The van der Waals surface area contributed by atoms with Crippen LogP contribution in [0.15, 0.2) is 42.5 Å². The lowest BCUT2D eigenvalue weighted by atomic mass is 10.2. The zero-order chi connectivity index (χ0) is 14.1. The van der Waals surface area contributed by atoms with E-state index in [9.17, 15) is 4.79 Å². The molecule has 0 spiro atoms. The fourth-order valence-electron chi connectivity index (χ4n) is 1.79. The van der Waals surface area contributed by atoms with Crippen LogP contribution in [-0.2, 0) is 16.1 Å². The number of esters is 1. The third-order valence-corrected chi connectivity index (χ3v) is 2.76. The van der Waals surface area contributed by atoms with E-state index in [0.29, 0.717) is 13.2 Å². The van der Waals surface area contributed by atoms with Gasteiger partial charge in [-0.05, 0) is 25.8 Å². The van der Waals surface area contributed by atoms with Crippen LogP contribution in [0.25, 0.3) is 0 Å². The molecule has 0 fully saturated rings. The second-order valence-electron chi connectivity index (χ2n) is 4.71. The van der Waals surface area contributed by atoms with Crippen molar-refractivity contribution in [1.82, 2.24) is 4.90 Å². The van der Waals surface area contributed by atoms with E-state index in [1.807, 2.05) is 32.0 Å². The molecule has 1 aromatic rings. The van der Waals surface area contributed by atoms with Gasteiger partial charge in [0.1, 0.15) is 0 Å². The highest BCUT2D eigenvalue weighted by Gasteiger charge is 2.11. The minimum absolute atomic E-state index is 0.167. The molecule has 0 heterocycles. The van der Waals surface area contributed by atoms with Crippen LogP contribution in [0.4, 0.5) is 0 Å². The molecular weight excluding hydrogens is 238 g/mol. The summed E-state index contributed by atoms with van der Waals surface area (Å²) in [6, 6.07) is 10.2. The Morgan fingerprint density at radius 3 is 2.58 bits per heavy atom. The molecule has 0 unspecified atom stereocenters. The molecular formula is C16H23NO2. The highest BCUT2D eigenvalue weighted by Crippen LogP contribution is 2.07. The quantitative estimate of drug-likeness (QED) is 0.532. The maximum Gasteiger partial charge on any atom is 0.320 e. The molecule has 3 heteroatoms. The molecule has 0 amide bonds. The number of benzene rings is 1. The molecule has 0 radical (unpaired) electrons. The van der Waals surface area contributed by atoms with Gasteiger partial charge in [0, 0.05) is 13.1 Å². The Hall–Kier alpha value is -1.61. The van der Waals surface area contributed by atoms with Crippen LogP contribution in [-0.4, -0.2) is 30.6 Å². The molecule has 0 saturated heterocycles. The summed E-state index contributed by atoms with van der Waals surface area (Å²) in [6.07, 6.45) is 0.895. The third-order valence-electron chi connectivity index (χ3n) is 2.76. The highest BCUT2D eigenvalue weighted by molar-refractivity contribution is 5.71. The summed E-state index contributed by atoms with van der Waals surface area (Å²) in [7, 11) is 0. The summed E-state index contributed by atoms with van der Waals surface area (Å²) in [5.41, 5.74) is 2.33. The van der Waals surface area contributed by atoms with E-state index in [1.54, 1.807) is 0 Å². The summed E-state index contributed by atoms with van der Waals surface area (Å²) >= 11 is 0. The van der Waals surface area contributed by atoms with E-state index < -0.39 is 0 Å². The van der Waals surface area contributed by atoms with Crippen molar-refractivity contribution in [3.05, 3.63) is 48.0 Å². The Kier molecular flexibility index (Phi) is 6.90. The lowest BCUT2D eigenvalue weighted by Gasteiger charge is -2.21. The molecule has 0 aliphatic rings. The monoisotopic (exact) mass is 261 g/mol. The molecule has 0 N–H and O–H groups in total. The molecule has 19 heavy (non-hydrogen) atoms. The fourth-order valence-corrected chi connectivity index (χ4v) is 1.79. The van der Waals surface area contributed by atoms with Crippen molar-refractivity contribution in [3.8, 4) is 0 Å². The topological polar surface area (TPSA) is 29.5 Å². The van der Waals surface area contributed by atoms with Crippen LogP contribution in [0.3, 0.4) is 0 Å². The Labute approximate surface area is 115 Å². The minimum Gasteiger partial charge on any atom is -0.465 e. The molecule has 1 rings (SSSR count). The second kappa shape index (κ2) is 8.48. The molecule has 0 bridgehead atoms. The number of hydrogen-bond donors (Lipinski definition) is 0. The van der Waals surface area contributed by atoms with Gasteiger partial charge in [0.05, 0.1) is 13.2 Å². The van der Waals surface area contributed by atoms with Gasteiger partial charge in [0.25, 0.3) is 0 Å². The number of nitrogens with zero attached hydrogens (tertiary/aromatic N) is 1. The maximum atomic E-state index is 11.6. The van der Waals surface area contributed by atoms with Gasteiger partial charge in [0.2, 0.25) is 0 Å². The van der Waals surface area contributed by atoms with Crippen LogP contribution in [0, 0.1) is 0 Å².